The van der Waals surface area contributed by atoms with Gasteiger partial charge in [-0.3, -0.25) is 4.79 Å². The van der Waals surface area contributed by atoms with Crippen LogP contribution in [0, 0.1) is 0 Å². The first kappa shape index (κ1) is 13.8. The van der Waals surface area contributed by atoms with Crippen LogP contribution in [0.1, 0.15) is 0 Å². The Bertz CT molecular complexity index is 666. The Morgan fingerprint density at radius 3 is 2.80 bits per heavy atom. The molecule has 0 saturated heterocycles. The molecule has 0 saturated carbocycles. The van der Waals surface area contributed by atoms with Crippen molar-refractivity contribution in [2.75, 3.05) is 5.32 Å². The van der Waals surface area contributed by atoms with Crippen molar-refractivity contribution in [2.24, 2.45) is 0 Å². The van der Waals surface area contributed by atoms with Crippen LogP contribution in [0.5, 0.6) is 0 Å². The first-order valence-corrected chi connectivity index (χ1v) is 5.95. The first-order valence-electron chi connectivity index (χ1n) is 5.58. The summed E-state index contributed by atoms with van der Waals surface area (Å²) >= 11 is 5.90. The van der Waals surface area contributed by atoms with Crippen LogP contribution >= 0.6 is 11.6 Å². The zero-order chi connectivity index (χ0) is 14.5. The van der Waals surface area contributed by atoms with Crippen LogP contribution in [0.4, 0.5) is 5.69 Å². The molecular formula is C13H10ClN3O3. The molecule has 2 N–H and O–H groups in total. The molecule has 2 rings (SSSR count). The van der Waals surface area contributed by atoms with Gasteiger partial charge >= 0.3 is 5.97 Å². The monoisotopic (exact) mass is 291 g/mol. The van der Waals surface area contributed by atoms with Crippen molar-refractivity contribution in [2.45, 2.75) is 0 Å². The van der Waals surface area contributed by atoms with E-state index in [1.165, 1.54) is 0 Å². The maximum absolute atomic E-state index is 11.6. The van der Waals surface area contributed by atoms with Crippen molar-refractivity contribution in [1.82, 2.24) is 9.78 Å². The molecule has 1 aromatic carbocycles. The summed E-state index contributed by atoms with van der Waals surface area (Å²) in [4.78, 5) is 22.0. The largest absolute Gasteiger partial charge is 0.478 e. The van der Waals surface area contributed by atoms with E-state index in [9.17, 15) is 9.59 Å². The van der Waals surface area contributed by atoms with E-state index in [1.807, 2.05) is 0 Å². The van der Waals surface area contributed by atoms with Crippen LogP contribution in [0.25, 0.3) is 5.69 Å². The van der Waals surface area contributed by atoms with Crippen molar-refractivity contribution < 1.29 is 14.7 Å². The van der Waals surface area contributed by atoms with E-state index in [4.69, 9.17) is 16.7 Å². The van der Waals surface area contributed by atoms with Gasteiger partial charge in [-0.1, -0.05) is 11.6 Å². The number of carboxylic acid groups (broad SMARTS) is 1. The van der Waals surface area contributed by atoms with Crippen molar-refractivity contribution in [3.63, 3.8) is 0 Å². The maximum Gasteiger partial charge on any atom is 0.328 e. The number of nitrogens with one attached hydrogen (secondary N) is 1. The molecule has 1 aromatic heterocycles. The van der Waals surface area contributed by atoms with Crippen LogP contribution in [0.2, 0.25) is 5.02 Å². The molecule has 0 spiro atoms. The number of benzene rings is 1. The highest BCUT2D eigenvalue weighted by Crippen LogP contribution is 2.24. The zero-order valence-corrected chi connectivity index (χ0v) is 10.9. The number of halogens is 1. The zero-order valence-electron chi connectivity index (χ0n) is 10.2. The number of anilines is 1. The molecule has 0 fully saturated rings. The molecule has 0 radical (unpaired) electrons. The number of carbonyl (C=O) groups excluding carboxylic acids is 1. The van der Waals surface area contributed by atoms with Crippen molar-refractivity contribution >= 4 is 29.2 Å². The van der Waals surface area contributed by atoms with Crippen LogP contribution in [0.3, 0.4) is 0 Å². The molecule has 7 heteroatoms. The quantitative estimate of drug-likeness (QED) is 0.845. The smallest absolute Gasteiger partial charge is 0.328 e. The fourth-order valence-corrected chi connectivity index (χ4v) is 1.71. The summed E-state index contributed by atoms with van der Waals surface area (Å²) in [5, 5.41) is 15.5. The normalized spacial score (nSPS) is 10.7. The van der Waals surface area contributed by atoms with E-state index in [-0.39, 0.29) is 0 Å². The second-order valence-corrected chi connectivity index (χ2v) is 4.21. The molecule has 0 bridgehead atoms. The summed E-state index contributed by atoms with van der Waals surface area (Å²) in [6.45, 7) is 0. The van der Waals surface area contributed by atoms with Gasteiger partial charge in [0.25, 0.3) is 0 Å². The second kappa shape index (κ2) is 6.03. The molecule has 0 unspecified atom stereocenters. The van der Waals surface area contributed by atoms with Gasteiger partial charge in [-0.15, -0.1) is 0 Å². The Balaban J connectivity index is 2.29. The Morgan fingerprint density at radius 2 is 2.15 bits per heavy atom. The molecule has 1 heterocycles. The third kappa shape index (κ3) is 3.46. The van der Waals surface area contributed by atoms with Gasteiger partial charge in [0.2, 0.25) is 5.91 Å². The molecule has 6 nitrogen and oxygen atoms in total. The highest BCUT2D eigenvalue weighted by Gasteiger charge is 2.08. The maximum atomic E-state index is 11.6. The van der Waals surface area contributed by atoms with Crippen LogP contribution in [-0.2, 0) is 9.59 Å². The summed E-state index contributed by atoms with van der Waals surface area (Å²) in [6.07, 6.45) is 5.00. The minimum absolute atomic E-state index is 0.432. The SMILES string of the molecule is O=C(O)/C=C/C(=O)Nc1cc(Cl)ccc1-n1cccn1. The summed E-state index contributed by atoms with van der Waals surface area (Å²) in [5.41, 5.74) is 1.05. The predicted molar refractivity (Wildman–Crippen MR) is 74.0 cm³/mol. The number of aromatic nitrogens is 2. The molecule has 2 aromatic rings. The number of carboxylic acids is 1. The Hall–Kier alpha value is -2.60. The number of hydrogen-bond acceptors (Lipinski definition) is 3. The molecule has 0 aliphatic carbocycles. The summed E-state index contributed by atoms with van der Waals surface area (Å²) in [7, 11) is 0. The number of aliphatic carboxylic acids is 1. The van der Waals surface area contributed by atoms with Gasteiger partial charge in [-0.25, -0.2) is 9.48 Å². The Kier molecular flexibility index (Phi) is 4.17. The molecule has 0 aliphatic rings. The van der Waals surface area contributed by atoms with Gasteiger partial charge < -0.3 is 10.4 Å². The summed E-state index contributed by atoms with van der Waals surface area (Å²) in [6, 6.07) is 6.67. The lowest BCUT2D eigenvalue weighted by molar-refractivity contribution is -0.131. The minimum atomic E-state index is -1.20. The lowest BCUT2D eigenvalue weighted by Crippen LogP contribution is -2.11. The van der Waals surface area contributed by atoms with Gasteiger partial charge in [0.05, 0.1) is 11.4 Å². The van der Waals surface area contributed by atoms with E-state index in [2.05, 4.69) is 10.4 Å². The van der Waals surface area contributed by atoms with Gasteiger partial charge in [0.1, 0.15) is 0 Å². The standard InChI is InChI=1S/C13H10ClN3O3/c14-9-2-3-11(17-7-1-6-15-17)10(8-9)16-12(18)4-5-13(19)20/h1-8H,(H,16,18)(H,19,20)/b5-4+. The lowest BCUT2D eigenvalue weighted by Gasteiger charge is -2.10. The minimum Gasteiger partial charge on any atom is -0.478 e. The Morgan fingerprint density at radius 1 is 1.35 bits per heavy atom. The highest BCUT2D eigenvalue weighted by atomic mass is 35.5. The fraction of sp³-hybridized carbons (Fsp3) is 0. The van der Waals surface area contributed by atoms with Crippen LogP contribution < -0.4 is 5.32 Å². The van der Waals surface area contributed by atoms with Crippen molar-refractivity contribution in [1.29, 1.82) is 0 Å². The average Bonchev–Trinajstić information content (AvgIpc) is 2.90. The average molecular weight is 292 g/mol. The third-order valence-corrected chi connectivity index (χ3v) is 2.58. The summed E-state index contributed by atoms with van der Waals surface area (Å²) < 4.78 is 1.56. The number of amides is 1. The van der Waals surface area contributed by atoms with Crippen molar-refractivity contribution in [3.8, 4) is 5.69 Å². The third-order valence-electron chi connectivity index (χ3n) is 2.34. The molecule has 20 heavy (non-hydrogen) atoms. The van der Waals surface area contributed by atoms with E-state index in [1.54, 1.807) is 41.3 Å². The molecule has 0 atom stereocenters. The van der Waals surface area contributed by atoms with Gasteiger partial charge in [0.15, 0.2) is 0 Å². The Labute approximate surface area is 119 Å². The number of nitrogens with zero attached hydrogens (tertiary/aromatic N) is 2. The van der Waals surface area contributed by atoms with Gasteiger partial charge in [-0.05, 0) is 24.3 Å². The molecule has 1 amide bonds. The molecular weight excluding hydrogens is 282 g/mol. The van der Waals surface area contributed by atoms with Gasteiger partial charge in [0, 0.05) is 29.6 Å². The number of rotatable bonds is 4. The highest BCUT2D eigenvalue weighted by molar-refractivity contribution is 6.31. The molecule has 102 valence electrons. The molecule has 0 aliphatic heterocycles. The van der Waals surface area contributed by atoms with E-state index >= 15 is 0 Å². The van der Waals surface area contributed by atoms with E-state index in [0.717, 1.165) is 12.2 Å². The van der Waals surface area contributed by atoms with E-state index < -0.39 is 11.9 Å². The van der Waals surface area contributed by atoms with E-state index in [0.29, 0.717) is 16.4 Å². The second-order valence-electron chi connectivity index (χ2n) is 3.77. The van der Waals surface area contributed by atoms with Gasteiger partial charge in [-0.2, -0.15) is 5.10 Å². The number of carbonyl (C=O) groups is 2. The number of hydrogen-bond donors (Lipinski definition) is 2. The lowest BCUT2D eigenvalue weighted by atomic mass is 10.2. The van der Waals surface area contributed by atoms with Crippen molar-refractivity contribution in [3.05, 3.63) is 53.8 Å². The fourth-order valence-electron chi connectivity index (χ4n) is 1.54. The predicted octanol–water partition coefficient (Wildman–Crippen LogP) is 2.10. The van der Waals surface area contributed by atoms with Crippen LogP contribution in [-0.4, -0.2) is 26.8 Å². The summed E-state index contributed by atoms with van der Waals surface area (Å²) in [5.74, 6) is -1.76. The first-order chi connectivity index (χ1) is 9.56. The van der Waals surface area contributed by atoms with Crippen LogP contribution in [0.15, 0.2) is 48.8 Å². The topological polar surface area (TPSA) is 84.2 Å².